The molecule has 2 fully saturated rings. The van der Waals surface area contributed by atoms with Crippen LogP contribution in [0.3, 0.4) is 0 Å². The number of hydrogen-bond acceptors (Lipinski definition) is 7. The number of hydrogen-bond donors (Lipinski definition) is 0. The maximum absolute atomic E-state index is 13.2. The van der Waals surface area contributed by atoms with E-state index < -0.39 is 5.60 Å². The van der Waals surface area contributed by atoms with Crippen LogP contribution in [0.1, 0.15) is 36.0 Å². The molecule has 0 radical (unpaired) electrons. The quantitative estimate of drug-likeness (QED) is 0.560. The molecule has 2 aliphatic heterocycles. The number of carbonyl (C=O) groups excluding carboxylic acids is 2. The average Bonchev–Trinajstić information content (AvgIpc) is 3.32. The molecule has 4 rings (SSSR count). The summed E-state index contributed by atoms with van der Waals surface area (Å²) in [5, 5.41) is 4.50. The second kappa shape index (κ2) is 11.2. The van der Waals surface area contributed by atoms with Gasteiger partial charge in [-0.15, -0.1) is 0 Å². The first-order valence-electron chi connectivity index (χ1n) is 11.6. The second-order valence-corrected chi connectivity index (χ2v) is 9.04. The SMILES string of the molecule is CCCc1cc(C(=O)N2CCOC(COc3cccc(Cl)c3)(CC(=O)N3CCOCC3)C2)no1. The molecule has 0 aliphatic carbocycles. The van der Waals surface area contributed by atoms with Crippen LogP contribution in [0.25, 0.3) is 0 Å². The maximum Gasteiger partial charge on any atom is 0.276 e. The number of halogens is 1. The minimum atomic E-state index is -1.01. The highest BCUT2D eigenvalue weighted by Crippen LogP contribution is 2.27. The van der Waals surface area contributed by atoms with Crippen molar-refractivity contribution in [1.29, 1.82) is 0 Å². The molecule has 1 aromatic carbocycles. The van der Waals surface area contributed by atoms with E-state index in [-0.39, 0.29) is 43.7 Å². The van der Waals surface area contributed by atoms with Crippen LogP contribution < -0.4 is 4.74 Å². The minimum absolute atomic E-state index is 0.0565. The molecule has 0 spiro atoms. The van der Waals surface area contributed by atoms with Crippen LogP contribution in [-0.4, -0.2) is 85.0 Å². The number of morpholine rings is 2. The van der Waals surface area contributed by atoms with Gasteiger partial charge < -0.3 is 28.5 Å². The molecule has 10 heteroatoms. The molecule has 2 amide bonds. The van der Waals surface area contributed by atoms with Gasteiger partial charge in [0.1, 0.15) is 23.7 Å². The largest absolute Gasteiger partial charge is 0.490 e. The molecule has 184 valence electrons. The molecule has 1 unspecified atom stereocenters. The minimum Gasteiger partial charge on any atom is -0.490 e. The van der Waals surface area contributed by atoms with Crippen molar-refractivity contribution in [1.82, 2.24) is 15.0 Å². The molecule has 34 heavy (non-hydrogen) atoms. The van der Waals surface area contributed by atoms with E-state index in [1.165, 1.54) is 0 Å². The van der Waals surface area contributed by atoms with Crippen molar-refractivity contribution in [3.8, 4) is 5.75 Å². The van der Waals surface area contributed by atoms with E-state index in [0.29, 0.717) is 49.4 Å². The van der Waals surface area contributed by atoms with Gasteiger partial charge in [-0.1, -0.05) is 29.7 Å². The first-order valence-corrected chi connectivity index (χ1v) is 12.0. The number of aryl methyl sites for hydroxylation is 1. The van der Waals surface area contributed by atoms with Crippen molar-refractivity contribution in [2.45, 2.75) is 31.8 Å². The van der Waals surface area contributed by atoms with Crippen molar-refractivity contribution in [3.63, 3.8) is 0 Å². The van der Waals surface area contributed by atoms with E-state index in [1.54, 1.807) is 40.1 Å². The van der Waals surface area contributed by atoms with Gasteiger partial charge in [-0.05, 0) is 24.6 Å². The number of nitrogens with zero attached hydrogens (tertiary/aromatic N) is 3. The lowest BCUT2D eigenvalue weighted by molar-refractivity contribution is -0.155. The van der Waals surface area contributed by atoms with Crippen molar-refractivity contribution in [2.75, 3.05) is 52.6 Å². The lowest BCUT2D eigenvalue weighted by Crippen LogP contribution is -2.58. The van der Waals surface area contributed by atoms with E-state index in [9.17, 15) is 9.59 Å². The fourth-order valence-corrected chi connectivity index (χ4v) is 4.36. The van der Waals surface area contributed by atoms with Gasteiger partial charge in [0, 0.05) is 37.1 Å². The molecule has 0 bridgehead atoms. The predicted molar refractivity (Wildman–Crippen MR) is 124 cm³/mol. The third kappa shape index (κ3) is 6.08. The van der Waals surface area contributed by atoms with E-state index in [1.807, 2.05) is 6.92 Å². The smallest absolute Gasteiger partial charge is 0.276 e. The van der Waals surface area contributed by atoms with Gasteiger partial charge in [0.05, 0.1) is 32.8 Å². The summed E-state index contributed by atoms with van der Waals surface area (Å²) in [4.78, 5) is 29.8. The first kappa shape index (κ1) is 24.5. The highest BCUT2D eigenvalue weighted by atomic mass is 35.5. The van der Waals surface area contributed by atoms with Crippen molar-refractivity contribution in [2.24, 2.45) is 0 Å². The molecule has 0 saturated carbocycles. The number of ether oxygens (including phenoxy) is 3. The maximum atomic E-state index is 13.2. The summed E-state index contributed by atoms with van der Waals surface area (Å²) in [6, 6.07) is 8.73. The average molecular weight is 492 g/mol. The van der Waals surface area contributed by atoms with E-state index in [4.69, 9.17) is 30.3 Å². The van der Waals surface area contributed by atoms with Gasteiger partial charge in [0.2, 0.25) is 5.91 Å². The summed E-state index contributed by atoms with van der Waals surface area (Å²) in [5.41, 5.74) is -0.753. The molecule has 3 heterocycles. The lowest BCUT2D eigenvalue weighted by atomic mass is 9.96. The molecule has 1 aromatic heterocycles. The molecule has 9 nitrogen and oxygen atoms in total. The van der Waals surface area contributed by atoms with Gasteiger partial charge in [-0.25, -0.2) is 0 Å². The van der Waals surface area contributed by atoms with E-state index in [0.717, 1.165) is 12.8 Å². The topological polar surface area (TPSA) is 94.3 Å². The summed E-state index contributed by atoms with van der Waals surface area (Å²) in [7, 11) is 0. The second-order valence-electron chi connectivity index (χ2n) is 8.60. The molecule has 0 N–H and O–H groups in total. The predicted octanol–water partition coefficient (Wildman–Crippen LogP) is 2.82. The van der Waals surface area contributed by atoms with Crippen molar-refractivity contribution in [3.05, 3.63) is 46.8 Å². The van der Waals surface area contributed by atoms with E-state index >= 15 is 0 Å². The molecule has 1 atom stereocenters. The van der Waals surface area contributed by atoms with Gasteiger partial charge in [0.15, 0.2) is 5.69 Å². The Morgan fingerprint density at radius 2 is 1.94 bits per heavy atom. The Hall–Kier alpha value is -2.62. The Balaban J connectivity index is 1.51. The Bertz CT molecular complexity index is 993. The molecule has 2 saturated heterocycles. The summed E-state index contributed by atoms with van der Waals surface area (Å²) in [6.07, 6.45) is 1.69. The zero-order valence-electron chi connectivity index (χ0n) is 19.3. The van der Waals surface area contributed by atoms with Crippen LogP contribution >= 0.6 is 11.6 Å². The van der Waals surface area contributed by atoms with Gasteiger partial charge in [-0.3, -0.25) is 9.59 Å². The van der Waals surface area contributed by atoms with Crippen LogP contribution in [0.2, 0.25) is 5.02 Å². The number of benzene rings is 1. The normalized spacial score (nSPS) is 20.9. The molecular weight excluding hydrogens is 462 g/mol. The van der Waals surface area contributed by atoms with Crippen LogP contribution in [0, 0.1) is 0 Å². The lowest BCUT2D eigenvalue weighted by Gasteiger charge is -2.42. The zero-order valence-corrected chi connectivity index (χ0v) is 20.1. The number of rotatable bonds is 8. The Kier molecular flexibility index (Phi) is 8.07. The molecule has 2 aromatic rings. The zero-order chi connectivity index (χ0) is 24.0. The number of amides is 2. The third-order valence-corrected chi connectivity index (χ3v) is 6.18. The monoisotopic (exact) mass is 491 g/mol. The van der Waals surface area contributed by atoms with Crippen LogP contribution in [-0.2, 0) is 20.7 Å². The van der Waals surface area contributed by atoms with Crippen molar-refractivity contribution < 1.29 is 28.3 Å². The molecule has 2 aliphatic rings. The van der Waals surface area contributed by atoms with Crippen molar-refractivity contribution >= 4 is 23.4 Å². The van der Waals surface area contributed by atoms with Gasteiger partial charge >= 0.3 is 0 Å². The van der Waals surface area contributed by atoms with Crippen LogP contribution in [0.15, 0.2) is 34.9 Å². The van der Waals surface area contributed by atoms with Gasteiger partial charge in [0.25, 0.3) is 5.91 Å². The third-order valence-electron chi connectivity index (χ3n) is 5.95. The van der Waals surface area contributed by atoms with E-state index in [2.05, 4.69) is 5.16 Å². The Labute approximate surface area is 203 Å². The fourth-order valence-electron chi connectivity index (χ4n) is 4.18. The first-order chi connectivity index (χ1) is 16.5. The summed E-state index contributed by atoms with van der Waals surface area (Å²) < 4.78 is 22.8. The Morgan fingerprint density at radius 1 is 1.15 bits per heavy atom. The standard InChI is InChI=1S/C24H30ClN3O6/c1-2-4-20-14-21(26-34-20)23(30)28-9-12-33-24(16-28,15-22(29)27-7-10-31-11-8-27)17-32-19-6-3-5-18(25)13-19/h3,5-6,13-14H,2,4,7-12,15-17H2,1H3. The summed E-state index contributed by atoms with van der Waals surface area (Å²) in [5.74, 6) is 0.940. The van der Waals surface area contributed by atoms with Crippen LogP contribution in [0.5, 0.6) is 5.75 Å². The molecular formula is C24H30ClN3O6. The Morgan fingerprint density at radius 3 is 2.71 bits per heavy atom. The number of aromatic nitrogens is 1. The van der Waals surface area contributed by atoms with Gasteiger partial charge in [-0.2, -0.15) is 0 Å². The summed E-state index contributed by atoms with van der Waals surface area (Å²) in [6.45, 7) is 5.07. The highest BCUT2D eigenvalue weighted by Gasteiger charge is 2.43. The highest BCUT2D eigenvalue weighted by molar-refractivity contribution is 6.30. The fraction of sp³-hybridized carbons (Fsp3) is 0.542. The van der Waals surface area contributed by atoms with Crippen LogP contribution in [0.4, 0.5) is 0 Å². The number of carbonyl (C=O) groups is 2. The summed E-state index contributed by atoms with van der Waals surface area (Å²) >= 11 is 6.09.